The fraction of sp³-hybridized carbons (Fsp3) is 0.500. The molecular formula is C14H21N3O2. The molecule has 1 atom stereocenters. The van der Waals surface area contributed by atoms with Crippen LogP contribution in [-0.4, -0.2) is 44.1 Å². The molecule has 1 aliphatic rings. The third kappa shape index (κ3) is 3.24. The van der Waals surface area contributed by atoms with Crippen molar-refractivity contribution in [3.63, 3.8) is 0 Å². The van der Waals surface area contributed by atoms with Gasteiger partial charge in [-0.05, 0) is 24.1 Å². The number of ether oxygens (including phenoxy) is 2. The molecule has 2 rings (SSSR count). The SMILES string of the molecule is COc1ccc(CN2CCC(OC)C2)cc1C(=N)N. The van der Waals surface area contributed by atoms with Crippen molar-refractivity contribution in [1.82, 2.24) is 4.90 Å². The predicted octanol–water partition coefficient (Wildman–Crippen LogP) is 1.20. The van der Waals surface area contributed by atoms with Crippen LogP contribution in [0.15, 0.2) is 18.2 Å². The molecule has 0 aromatic heterocycles. The van der Waals surface area contributed by atoms with Gasteiger partial charge < -0.3 is 15.2 Å². The van der Waals surface area contributed by atoms with Gasteiger partial charge in [-0.1, -0.05) is 6.07 Å². The maximum atomic E-state index is 7.59. The molecule has 5 nitrogen and oxygen atoms in total. The molecule has 1 saturated heterocycles. The van der Waals surface area contributed by atoms with E-state index in [2.05, 4.69) is 4.90 Å². The number of methoxy groups -OCH3 is 2. The van der Waals surface area contributed by atoms with E-state index >= 15 is 0 Å². The number of benzene rings is 1. The van der Waals surface area contributed by atoms with Gasteiger partial charge in [0.1, 0.15) is 11.6 Å². The van der Waals surface area contributed by atoms with E-state index in [4.69, 9.17) is 20.6 Å². The van der Waals surface area contributed by atoms with Crippen LogP contribution in [0.5, 0.6) is 5.75 Å². The number of nitrogen functional groups attached to an aromatic ring is 1. The standard InChI is InChI=1S/C14H21N3O2/c1-18-11-5-6-17(9-11)8-10-3-4-13(19-2)12(7-10)14(15)16/h3-4,7,11H,5-6,8-9H2,1-2H3,(H3,15,16). The summed E-state index contributed by atoms with van der Waals surface area (Å²) in [6.45, 7) is 2.85. The summed E-state index contributed by atoms with van der Waals surface area (Å²) in [4.78, 5) is 2.35. The number of nitrogens with two attached hydrogens (primary N) is 1. The minimum Gasteiger partial charge on any atom is -0.496 e. The zero-order valence-electron chi connectivity index (χ0n) is 11.5. The Balaban J connectivity index is 2.09. The topological polar surface area (TPSA) is 71.6 Å². The number of hydrogen-bond donors (Lipinski definition) is 2. The van der Waals surface area contributed by atoms with E-state index in [-0.39, 0.29) is 5.84 Å². The quantitative estimate of drug-likeness (QED) is 0.618. The molecule has 0 bridgehead atoms. The molecule has 1 fully saturated rings. The summed E-state index contributed by atoms with van der Waals surface area (Å²) < 4.78 is 10.6. The van der Waals surface area contributed by atoms with Crippen LogP contribution in [0.25, 0.3) is 0 Å². The van der Waals surface area contributed by atoms with Crippen LogP contribution in [0.2, 0.25) is 0 Å². The van der Waals surface area contributed by atoms with E-state index in [1.807, 2.05) is 18.2 Å². The van der Waals surface area contributed by atoms with Gasteiger partial charge in [-0.3, -0.25) is 10.3 Å². The summed E-state index contributed by atoms with van der Waals surface area (Å²) in [5.41, 5.74) is 7.38. The fourth-order valence-electron chi connectivity index (χ4n) is 2.46. The van der Waals surface area contributed by atoms with Gasteiger partial charge in [0.2, 0.25) is 0 Å². The molecule has 104 valence electrons. The van der Waals surface area contributed by atoms with Crippen molar-refractivity contribution in [2.24, 2.45) is 5.73 Å². The molecule has 0 aliphatic carbocycles. The number of hydrogen-bond acceptors (Lipinski definition) is 4. The first-order valence-electron chi connectivity index (χ1n) is 6.40. The van der Waals surface area contributed by atoms with Gasteiger partial charge in [0.15, 0.2) is 0 Å². The zero-order valence-corrected chi connectivity index (χ0v) is 11.5. The second kappa shape index (κ2) is 6.04. The Hall–Kier alpha value is -1.59. The first kappa shape index (κ1) is 13.8. The van der Waals surface area contributed by atoms with Gasteiger partial charge in [-0.15, -0.1) is 0 Å². The number of nitrogens with zero attached hydrogens (tertiary/aromatic N) is 1. The molecular weight excluding hydrogens is 242 g/mol. The molecule has 3 N–H and O–H groups in total. The van der Waals surface area contributed by atoms with Gasteiger partial charge in [-0.2, -0.15) is 0 Å². The Morgan fingerprint density at radius 2 is 2.26 bits per heavy atom. The summed E-state index contributed by atoms with van der Waals surface area (Å²) in [5.74, 6) is 0.683. The van der Waals surface area contributed by atoms with E-state index in [0.29, 0.717) is 17.4 Å². The highest BCUT2D eigenvalue weighted by Crippen LogP contribution is 2.22. The predicted molar refractivity (Wildman–Crippen MR) is 74.7 cm³/mol. The van der Waals surface area contributed by atoms with Gasteiger partial charge in [0, 0.05) is 26.7 Å². The summed E-state index contributed by atoms with van der Waals surface area (Å²) >= 11 is 0. The second-order valence-corrected chi connectivity index (χ2v) is 4.83. The van der Waals surface area contributed by atoms with Crippen LogP contribution in [0.1, 0.15) is 17.5 Å². The molecule has 5 heteroatoms. The molecule has 0 amide bonds. The van der Waals surface area contributed by atoms with Crippen molar-refractivity contribution in [2.75, 3.05) is 27.3 Å². The summed E-state index contributed by atoms with van der Waals surface area (Å²) in [6.07, 6.45) is 1.41. The van der Waals surface area contributed by atoms with Gasteiger partial charge in [0.05, 0.1) is 18.8 Å². The third-order valence-electron chi connectivity index (χ3n) is 3.52. The maximum Gasteiger partial charge on any atom is 0.129 e. The van der Waals surface area contributed by atoms with Crippen molar-refractivity contribution < 1.29 is 9.47 Å². The molecule has 0 spiro atoms. The van der Waals surface area contributed by atoms with E-state index in [1.165, 1.54) is 0 Å². The Bertz CT molecular complexity index is 462. The lowest BCUT2D eigenvalue weighted by atomic mass is 10.1. The number of amidine groups is 1. The molecule has 1 aromatic rings. The normalized spacial score (nSPS) is 19.6. The summed E-state index contributed by atoms with van der Waals surface area (Å²) in [7, 11) is 3.35. The Labute approximate surface area is 113 Å². The van der Waals surface area contributed by atoms with Crippen LogP contribution in [-0.2, 0) is 11.3 Å². The lowest BCUT2D eigenvalue weighted by Gasteiger charge is -2.17. The fourth-order valence-corrected chi connectivity index (χ4v) is 2.46. The minimum atomic E-state index is 0.0369. The summed E-state index contributed by atoms with van der Waals surface area (Å²) in [5, 5.41) is 7.59. The molecule has 19 heavy (non-hydrogen) atoms. The molecule has 1 aliphatic heterocycles. The first-order chi connectivity index (χ1) is 9.13. The van der Waals surface area contributed by atoms with Crippen LogP contribution < -0.4 is 10.5 Å². The second-order valence-electron chi connectivity index (χ2n) is 4.83. The smallest absolute Gasteiger partial charge is 0.129 e. The number of nitrogens with one attached hydrogen (secondary N) is 1. The Morgan fingerprint density at radius 3 is 2.84 bits per heavy atom. The van der Waals surface area contributed by atoms with E-state index in [9.17, 15) is 0 Å². The third-order valence-corrected chi connectivity index (χ3v) is 3.52. The highest BCUT2D eigenvalue weighted by Gasteiger charge is 2.22. The molecule has 0 radical (unpaired) electrons. The summed E-state index contributed by atoms with van der Waals surface area (Å²) in [6, 6.07) is 5.82. The lowest BCUT2D eigenvalue weighted by molar-refractivity contribution is 0.107. The lowest BCUT2D eigenvalue weighted by Crippen LogP contribution is -2.22. The van der Waals surface area contributed by atoms with E-state index in [1.54, 1.807) is 14.2 Å². The van der Waals surface area contributed by atoms with Crippen molar-refractivity contribution >= 4 is 5.84 Å². The van der Waals surface area contributed by atoms with E-state index < -0.39 is 0 Å². The van der Waals surface area contributed by atoms with Gasteiger partial charge in [0.25, 0.3) is 0 Å². The van der Waals surface area contributed by atoms with Crippen molar-refractivity contribution in [3.8, 4) is 5.75 Å². The monoisotopic (exact) mass is 263 g/mol. The largest absolute Gasteiger partial charge is 0.496 e. The molecule has 1 aromatic carbocycles. The van der Waals surface area contributed by atoms with Gasteiger partial charge >= 0.3 is 0 Å². The van der Waals surface area contributed by atoms with Gasteiger partial charge in [-0.25, -0.2) is 0 Å². The number of likely N-dealkylation sites (tertiary alicyclic amines) is 1. The molecule has 1 heterocycles. The first-order valence-corrected chi connectivity index (χ1v) is 6.40. The molecule has 1 unspecified atom stereocenters. The average molecular weight is 263 g/mol. The average Bonchev–Trinajstić information content (AvgIpc) is 2.86. The molecule has 0 saturated carbocycles. The highest BCUT2D eigenvalue weighted by molar-refractivity contribution is 5.97. The van der Waals surface area contributed by atoms with Crippen LogP contribution in [0.3, 0.4) is 0 Å². The Morgan fingerprint density at radius 1 is 1.47 bits per heavy atom. The van der Waals surface area contributed by atoms with Crippen molar-refractivity contribution in [3.05, 3.63) is 29.3 Å². The van der Waals surface area contributed by atoms with Crippen LogP contribution >= 0.6 is 0 Å². The Kier molecular flexibility index (Phi) is 4.39. The van der Waals surface area contributed by atoms with Crippen LogP contribution in [0, 0.1) is 5.41 Å². The van der Waals surface area contributed by atoms with Crippen molar-refractivity contribution in [1.29, 1.82) is 5.41 Å². The number of rotatable bonds is 5. The highest BCUT2D eigenvalue weighted by atomic mass is 16.5. The minimum absolute atomic E-state index is 0.0369. The van der Waals surface area contributed by atoms with E-state index in [0.717, 1.165) is 31.6 Å². The van der Waals surface area contributed by atoms with Crippen LogP contribution in [0.4, 0.5) is 0 Å². The zero-order chi connectivity index (χ0) is 13.8. The van der Waals surface area contributed by atoms with Crippen molar-refractivity contribution in [2.45, 2.75) is 19.1 Å². The maximum absolute atomic E-state index is 7.59.